The van der Waals surface area contributed by atoms with Gasteiger partial charge in [-0.3, -0.25) is 0 Å². The molecule has 0 atom stereocenters. The number of aryl methyl sites for hydroxylation is 2. The minimum absolute atomic E-state index is 0.328. The van der Waals surface area contributed by atoms with Crippen molar-refractivity contribution >= 4 is 11.6 Å². The average molecular weight is 412 g/mol. The summed E-state index contributed by atoms with van der Waals surface area (Å²) in [5.74, 6) is 2.71. The van der Waals surface area contributed by atoms with Crippen LogP contribution in [0.3, 0.4) is 0 Å². The first-order valence-electron chi connectivity index (χ1n) is 10.2. The number of guanidine groups is 1. The molecule has 31 heavy (non-hydrogen) atoms. The molecule has 0 amide bonds. The normalized spacial score (nSPS) is 11.3. The Kier molecular flexibility index (Phi) is 6.60. The van der Waals surface area contributed by atoms with E-state index in [1.807, 2.05) is 66.9 Å². The fourth-order valence-electron chi connectivity index (χ4n) is 3.19. The molecule has 1 heterocycles. The number of aromatic nitrogens is 2. The number of para-hydroxylation sites is 1. The van der Waals surface area contributed by atoms with Crippen LogP contribution in [0.25, 0.3) is 0 Å². The minimum atomic E-state index is 0.328. The molecule has 0 aliphatic carbocycles. The highest BCUT2D eigenvalue weighted by Crippen LogP contribution is 2.23. The Labute approximate surface area is 182 Å². The van der Waals surface area contributed by atoms with Crippen LogP contribution < -0.4 is 15.8 Å². The lowest BCUT2D eigenvalue weighted by Crippen LogP contribution is -2.23. The molecule has 4 aromatic rings. The molecule has 0 spiro atoms. The summed E-state index contributed by atoms with van der Waals surface area (Å²) < 4.78 is 7.97. The monoisotopic (exact) mass is 411 g/mol. The number of anilines is 1. The van der Waals surface area contributed by atoms with Crippen molar-refractivity contribution in [3.05, 3.63) is 109 Å². The van der Waals surface area contributed by atoms with Crippen LogP contribution in [0, 0.1) is 0 Å². The largest absolute Gasteiger partial charge is 0.457 e. The number of nitrogens with two attached hydrogens (primary N) is 1. The quantitative estimate of drug-likeness (QED) is 0.321. The number of hydrogen-bond acceptors (Lipinski definition) is 3. The third-order valence-corrected chi connectivity index (χ3v) is 4.76. The van der Waals surface area contributed by atoms with Gasteiger partial charge in [0.15, 0.2) is 5.96 Å². The maximum atomic E-state index is 6.10. The summed E-state index contributed by atoms with van der Waals surface area (Å²) in [4.78, 5) is 8.87. The van der Waals surface area contributed by atoms with Crippen molar-refractivity contribution in [1.82, 2.24) is 9.55 Å². The van der Waals surface area contributed by atoms with Gasteiger partial charge in [-0.05, 0) is 36.2 Å². The first-order chi connectivity index (χ1) is 15.3. The van der Waals surface area contributed by atoms with E-state index in [1.165, 1.54) is 5.56 Å². The molecule has 6 nitrogen and oxygen atoms in total. The molecule has 0 aliphatic heterocycles. The van der Waals surface area contributed by atoms with Crippen LogP contribution in [0.4, 0.5) is 5.69 Å². The van der Waals surface area contributed by atoms with Crippen LogP contribution in [-0.4, -0.2) is 15.5 Å². The zero-order valence-electron chi connectivity index (χ0n) is 17.2. The second kappa shape index (κ2) is 10.1. The van der Waals surface area contributed by atoms with Crippen LogP contribution >= 0.6 is 0 Å². The van der Waals surface area contributed by atoms with Crippen molar-refractivity contribution in [2.24, 2.45) is 10.7 Å². The minimum Gasteiger partial charge on any atom is -0.457 e. The van der Waals surface area contributed by atoms with Gasteiger partial charge in [0.05, 0.1) is 0 Å². The number of nitrogens with zero attached hydrogens (tertiary/aromatic N) is 3. The van der Waals surface area contributed by atoms with Gasteiger partial charge in [0.25, 0.3) is 0 Å². The molecule has 156 valence electrons. The third-order valence-electron chi connectivity index (χ3n) is 4.76. The van der Waals surface area contributed by atoms with Crippen molar-refractivity contribution in [3.63, 3.8) is 0 Å². The fourth-order valence-corrected chi connectivity index (χ4v) is 3.19. The summed E-state index contributed by atoms with van der Waals surface area (Å²) in [5, 5.41) is 3.12. The summed E-state index contributed by atoms with van der Waals surface area (Å²) in [6.45, 7) is 1.25. The number of rotatable bonds is 8. The Morgan fingerprint density at radius 1 is 0.935 bits per heavy atom. The standard InChI is InChI=1S/C25H25N5O/c26-25(29-21-10-7-13-23(18-21)31-22-11-5-2-6-12-22)28-19-24-27-15-17-30(24)16-14-20-8-3-1-4-9-20/h1-13,15,17-18H,14,16,19H2,(H3,26,28,29). The van der Waals surface area contributed by atoms with Gasteiger partial charge in [0, 0.05) is 30.7 Å². The van der Waals surface area contributed by atoms with E-state index in [1.54, 1.807) is 6.20 Å². The van der Waals surface area contributed by atoms with E-state index in [-0.39, 0.29) is 0 Å². The number of hydrogen-bond donors (Lipinski definition) is 2. The average Bonchev–Trinajstić information content (AvgIpc) is 3.25. The lowest BCUT2D eigenvalue weighted by atomic mass is 10.1. The Morgan fingerprint density at radius 3 is 2.48 bits per heavy atom. The molecule has 0 bridgehead atoms. The molecular formula is C25H25N5O. The number of ether oxygens (including phenoxy) is 1. The van der Waals surface area contributed by atoms with Gasteiger partial charge in [-0.25, -0.2) is 9.98 Å². The van der Waals surface area contributed by atoms with Gasteiger partial charge in [0.1, 0.15) is 23.9 Å². The SMILES string of the molecule is NC(=NCc1nccn1CCc1ccccc1)Nc1cccc(Oc2ccccc2)c1. The van der Waals surface area contributed by atoms with Crippen molar-refractivity contribution < 1.29 is 4.74 Å². The number of aliphatic imine (C=N–C) groups is 1. The van der Waals surface area contributed by atoms with Gasteiger partial charge < -0.3 is 20.4 Å². The Hall–Kier alpha value is -4.06. The van der Waals surface area contributed by atoms with E-state index < -0.39 is 0 Å². The first kappa shape index (κ1) is 20.2. The van der Waals surface area contributed by atoms with E-state index in [0.717, 1.165) is 36.0 Å². The van der Waals surface area contributed by atoms with Gasteiger partial charge in [0.2, 0.25) is 0 Å². The van der Waals surface area contributed by atoms with E-state index in [4.69, 9.17) is 10.5 Å². The van der Waals surface area contributed by atoms with Gasteiger partial charge in [-0.1, -0.05) is 54.6 Å². The lowest BCUT2D eigenvalue weighted by Gasteiger charge is -2.10. The molecule has 1 aromatic heterocycles. The van der Waals surface area contributed by atoms with E-state index in [9.17, 15) is 0 Å². The summed E-state index contributed by atoms with van der Waals surface area (Å²) >= 11 is 0. The summed E-state index contributed by atoms with van der Waals surface area (Å²) in [6.07, 6.45) is 4.71. The maximum Gasteiger partial charge on any atom is 0.193 e. The number of nitrogens with one attached hydrogen (secondary N) is 1. The van der Waals surface area contributed by atoms with Gasteiger partial charge in [-0.15, -0.1) is 0 Å². The highest BCUT2D eigenvalue weighted by molar-refractivity contribution is 5.92. The van der Waals surface area contributed by atoms with Crippen LogP contribution in [0.1, 0.15) is 11.4 Å². The molecule has 0 fully saturated rings. The summed E-state index contributed by atoms with van der Waals surface area (Å²) in [5.41, 5.74) is 8.20. The Balaban J connectivity index is 1.34. The molecule has 0 saturated heterocycles. The predicted molar refractivity (Wildman–Crippen MR) is 124 cm³/mol. The molecular weight excluding hydrogens is 386 g/mol. The smallest absolute Gasteiger partial charge is 0.193 e. The first-order valence-corrected chi connectivity index (χ1v) is 10.2. The Bertz CT molecular complexity index is 1120. The number of imidazole rings is 1. The van der Waals surface area contributed by atoms with Crippen LogP contribution in [-0.2, 0) is 19.5 Å². The maximum absolute atomic E-state index is 6.10. The van der Waals surface area contributed by atoms with Crippen molar-refractivity contribution in [3.8, 4) is 11.5 Å². The topological polar surface area (TPSA) is 77.5 Å². The molecule has 0 aliphatic rings. The van der Waals surface area contributed by atoms with Crippen LogP contribution in [0.5, 0.6) is 11.5 Å². The molecule has 4 rings (SSSR count). The zero-order chi connectivity index (χ0) is 21.3. The van der Waals surface area contributed by atoms with E-state index in [2.05, 4.69) is 44.1 Å². The molecule has 0 unspecified atom stereocenters. The van der Waals surface area contributed by atoms with Crippen LogP contribution in [0.2, 0.25) is 0 Å². The lowest BCUT2D eigenvalue weighted by molar-refractivity contribution is 0.483. The predicted octanol–water partition coefficient (Wildman–Crippen LogP) is 4.84. The molecule has 6 heteroatoms. The molecule has 0 saturated carbocycles. The molecule has 3 aromatic carbocycles. The van der Waals surface area contributed by atoms with Crippen molar-refractivity contribution in [1.29, 1.82) is 0 Å². The second-order valence-electron chi connectivity index (χ2n) is 7.04. The third kappa shape index (κ3) is 5.96. The Morgan fingerprint density at radius 2 is 1.68 bits per heavy atom. The van der Waals surface area contributed by atoms with Gasteiger partial charge in [-0.2, -0.15) is 0 Å². The summed E-state index contributed by atoms with van der Waals surface area (Å²) in [7, 11) is 0. The zero-order valence-corrected chi connectivity index (χ0v) is 17.2. The van der Waals surface area contributed by atoms with E-state index in [0.29, 0.717) is 12.5 Å². The second-order valence-corrected chi connectivity index (χ2v) is 7.04. The highest BCUT2D eigenvalue weighted by atomic mass is 16.5. The fraction of sp³-hybridized carbons (Fsp3) is 0.120. The van der Waals surface area contributed by atoms with E-state index >= 15 is 0 Å². The number of benzene rings is 3. The highest BCUT2D eigenvalue weighted by Gasteiger charge is 2.04. The van der Waals surface area contributed by atoms with Crippen LogP contribution in [0.15, 0.2) is 102 Å². The van der Waals surface area contributed by atoms with Crippen molar-refractivity contribution in [2.45, 2.75) is 19.5 Å². The van der Waals surface area contributed by atoms with Crippen molar-refractivity contribution in [2.75, 3.05) is 5.32 Å². The molecule has 0 radical (unpaired) electrons. The van der Waals surface area contributed by atoms with Gasteiger partial charge >= 0.3 is 0 Å². The molecule has 3 N–H and O–H groups in total. The summed E-state index contributed by atoms with van der Waals surface area (Å²) in [6, 6.07) is 27.7.